The second kappa shape index (κ2) is 9.59. The van der Waals surface area contributed by atoms with Gasteiger partial charge in [-0.15, -0.1) is 0 Å². The molecule has 1 heterocycles. The predicted octanol–water partition coefficient (Wildman–Crippen LogP) is 3.23. The predicted molar refractivity (Wildman–Crippen MR) is 131 cm³/mol. The lowest BCUT2D eigenvalue weighted by Gasteiger charge is -2.18. The number of rotatable bonds is 7. The first-order valence-corrected chi connectivity index (χ1v) is 13.5. The number of carboxylic acids is 1. The maximum Gasteiger partial charge on any atom is 0.337 e. The smallest absolute Gasteiger partial charge is 0.337 e. The van der Waals surface area contributed by atoms with E-state index in [9.17, 15) is 41.2 Å². The number of hydrogen-bond acceptors (Lipinski definition) is 9. The molecule has 0 aliphatic carbocycles. The van der Waals surface area contributed by atoms with Gasteiger partial charge in [0, 0.05) is 18.1 Å². The van der Waals surface area contributed by atoms with E-state index in [0.29, 0.717) is 0 Å². The number of hydrazone groups is 1. The maximum atomic E-state index is 13.8. The van der Waals surface area contributed by atoms with E-state index in [0.717, 1.165) is 36.4 Å². The summed E-state index contributed by atoms with van der Waals surface area (Å²) in [5.41, 5.74) is 1.15. The number of fused-ring (bicyclic) bond motifs is 1. The highest BCUT2D eigenvalue weighted by atomic mass is 32.2. The Labute approximate surface area is 209 Å². The number of para-hydroxylation sites is 1. The van der Waals surface area contributed by atoms with E-state index in [1.165, 1.54) is 24.3 Å². The number of carboxylic acid groups (broad SMARTS) is 1. The molecule has 12 nitrogen and oxygen atoms in total. The number of hydrogen-bond donors (Lipinski definition) is 3. The van der Waals surface area contributed by atoms with Gasteiger partial charge in [-0.1, -0.05) is 12.1 Å². The van der Waals surface area contributed by atoms with Crippen LogP contribution < -0.4 is 10.1 Å². The molecule has 1 aliphatic rings. The normalized spacial score (nSPS) is 15.5. The van der Waals surface area contributed by atoms with Crippen molar-refractivity contribution in [3.8, 4) is 0 Å². The third-order valence-electron chi connectivity index (χ3n) is 5.38. The fourth-order valence-corrected chi connectivity index (χ4v) is 6.17. The largest absolute Gasteiger partial charge is 0.478 e. The van der Waals surface area contributed by atoms with E-state index in [-0.39, 0.29) is 45.3 Å². The molecular weight excluding hydrogens is 531 g/mol. The molecule has 0 fully saturated rings. The summed E-state index contributed by atoms with van der Waals surface area (Å²) in [5, 5.41) is 25.0. The fraction of sp³-hybridized carbons (Fsp3) is 0.0909. The molecule has 3 aromatic rings. The Bertz CT molecular complexity index is 1690. The lowest BCUT2D eigenvalue weighted by Crippen LogP contribution is -2.23. The molecule has 0 saturated carbocycles. The van der Waals surface area contributed by atoms with Gasteiger partial charge in [0.2, 0.25) is 0 Å². The first-order valence-electron chi connectivity index (χ1n) is 10.4. The van der Waals surface area contributed by atoms with Gasteiger partial charge in [0.15, 0.2) is 9.84 Å². The molecule has 192 valence electrons. The van der Waals surface area contributed by atoms with Crippen molar-refractivity contribution in [1.82, 2.24) is 0 Å². The van der Waals surface area contributed by atoms with Crippen LogP contribution in [0.5, 0.6) is 0 Å². The summed E-state index contributed by atoms with van der Waals surface area (Å²) in [5.74, 6) is -2.37. The molecule has 0 unspecified atom stereocenters. The number of benzene rings is 3. The Balaban J connectivity index is 1.68. The first kappa shape index (κ1) is 25.7. The van der Waals surface area contributed by atoms with Crippen LogP contribution in [0.4, 0.5) is 21.5 Å². The number of halogens is 1. The molecule has 1 aliphatic heterocycles. The van der Waals surface area contributed by atoms with E-state index in [4.69, 9.17) is 0 Å². The van der Waals surface area contributed by atoms with Crippen LogP contribution in [0, 0.1) is 15.9 Å². The number of aromatic carboxylic acids is 1. The van der Waals surface area contributed by atoms with Gasteiger partial charge in [-0.3, -0.25) is 20.3 Å². The zero-order valence-corrected chi connectivity index (χ0v) is 20.2. The lowest BCUT2D eigenvalue weighted by atomic mass is 10.1. The van der Waals surface area contributed by atoms with Gasteiger partial charge in [0.05, 0.1) is 37.4 Å². The van der Waals surface area contributed by atoms with Crippen LogP contribution in [0.3, 0.4) is 0 Å². The minimum Gasteiger partial charge on any atom is -0.478 e. The van der Waals surface area contributed by atoms with Crippen molar-refractivity contribution in [2.24, 2.45) is 5.10 Å². The summed E-state index contributed by atoms with van der Waals surface area (Å²) in [7, 11) is -8.07. The molecule has 0 radical (unpaired) electrons. The van der Waals surface area contributed by atoms with Crippen LogP contribution in [-0.4, -0.2) is 44.3 Å². The molecule has 3 N–H and O–H groups in total. The van der Waals surface area contributed by atoms with E-state index in [2.05, 4.69) is 15.2 Å². The third-order valence-corrected chi connectivity index (χ3v) is 8.52. The summed E-state index contributed by atoms with van der Waals surface area (Å²) in [6, 6.07) is 11.2. The van der Waals surface area contributed by atoms with Crippen LogP contribution in [0.25, 0.3) is 0 Å². The zero-order chi connectivity index (χ0) is 27.0. The number of anilines is 2. The number of sulfone groups is 1. The highest BCUT2D eigenvalue weighted by Crippen LogP contribution is 2.31. The van der Waals surface area contributed by atoms with Gasteiger partial charge in [0.1, 0.15) is 11.5 Å². The average Bonchev–Trinajstić information content (AvgIpc) is 2.83. The van der Waals surface area contributed by atoms with Crippen molar-refractivity contribution in [2.75, 3.05) is 15.9 Å². The molecule has 15 heteroatoms. The number of carbonyl (C=O) groups is 1. The quantitative estimate of drug-likeness (QED) is 0.226. The van der Waals surface area contributed by atoms with Crippen LogP contribution in [0.1, 0.15) is 22.3 Å². The van der Waals surface area contributed by atoms with Gasteiger partial charge in [0.25, 0.3) is 15.7 Å². The number of nitro benzene ring substituents is 1. The van der Waals surface area contributed by atoms with Crippen LogP contribution in [0.15, 0.2) is 75.6 Å². The summed E-state index contributed by atoms with van der Waals surface area (Å²) in [6.07, 6.45) is -0.0844. The second-order valence-corrected chi connectivity index (χ2v) is 11.5. The van der Waals surface area contributed by atoms with Crippen LogP contribution in [-0.2, 0) is 19.9 Å². The van der Waals surface area contributed by atoms with Crippen molar-refractivity contribution in [2.45, 2.75) is 16.2 Å². The van der Waals surface area contributed by atoms with E-state index in [1.807, 2.05) is 0 Å². The number of nitro groups is 1. The molecule has 4 rings (SSSR count). The molecule has 0 atom stereocenters. The minimum atomic E-state index is -4.43. The first-order chi connectivity index (χ1) is 17.4. The molecular formula is C22H17FN4O8S2. The molecule has 0 aromatic heterocycles. The number of nitrogens with one attached hydrogen (secondary N) is 2. The molecule has 0 spiro atoms. The Morgan fingerprint density at radius 3 is 2.51 bits per heavy atom. The third kappa shape index (κ3) is 5.26. The molecule has 0 saturated heterocycles. The van der Waals surface area contributed by atoms with Gasteiger partial charge in [-0.25, -0.2) is 26.0 Å². The monoisotopic (exact) mass is 548 g/mol. The summed E-state index contributed by atoms with van der Waals surface area (Å²) < 4.78 is 66.1. The fourth-order valence-electron chi connectivity index (χ4n) is 3.60. The van der Waals surface area contributed by atoms with Gasteiger partial charge in [-0.05, 0) is 42.5 Å². The molecule has 0 amide bonds. The lowest BCUT2D eigenvalue weighted by molar-refractivity contribution is -0.384. The number of sulfonamides is 1. The van der Waals surface area contributed by atoms with E-state index in [1.54, 1.807) is 0 Å². The second-order valence-electron chi connectivity index (χ2n) is 7.77. The van der Waals surface area contributed by atoms with Gasteiger partial charge >= 0.3 is 5.97 Å². The van der Waals surface area contributed by atoms with Crippen molar-refractivity contribution in [3.05, 3.63) is 87.7 Å². The minimum absolute atomic E-state index is 0.0156. The topological polar surface area (TPSA) is 185 Å². The Kier molecular flexibility index (Phi) is 6.66. The zero-order valence-electron chi connectivity index (χ0n) is 18.6. The van der Waals surface area contributed by atoms with Crippen molar-refractivity contribution in [1.29, 1.82) is 0 Å². The van der Waals surface area contributed by atoms with E-state index >= 15 is 0 Å². The maximum absolute atomic E-state index is 13.8. The highest BCUT2D eigenvalue weighted by molar-refractivity contribution is 7.92. The molecule has 37 heavy (non-hydrogen) atoms. The summed E-state index contributed by atoms with van der Waals surface area (Å²) >= 11 is 0. The van der Waals surface area contributed by atoms with Crippen molar-refractivity contribution in [3.63, 3.8) is 0 Å². The summed E-state index contributed by atoms with van der Waals surface area (Å²) in [4.78, 5) is 21.5. The molecule has 0 bridgehead atoms. The Hall–Kier alpha value is -4.37. The van der Waals surface area contributed by atoms with Gasteiger partial charge in [-0.2, -0.15) is 5.10 Å². The molecule has 3 aromatic carbocycles. The Morgan fingerprint density at radius 2 is 1.81 bits per heavy atom. The van der Waals surface area contributed by atoms with Crippen molar-refractivity contribution >= 4 is 48.6 Å². The summed E-state index contributed by atoms with van der Waals surface area (Å²) in [6.45, 7) is 0. The average molecular weight is 549 g/mol. The van der Waals surface area contributed by atoms with Crippen LogP contribution in [0.2, 0.25) is 0 Å². The highest BCUT2D eigenvalue weighted by Gasteiger charge is 2.29. The SMILES string of the molecule is O=C(O)c1ccccc1NS(=O)(=O)c1ccc(N/N=C2/CCS(=O)(=O)c3ccc(F)cc32)c([N+](=O)[O-])c1. The standard InChI is InChI=1S/C22H17FN4O8S2/c23-13-5-8-21-16(11-13)17(9-10-36(21,32)33)24-25-19-7-6-14(12-20(19)27(30)31)37(34,35)26-18-4-2-1-3-15(18)22(28)29/h1-8,11-12,25-26H,9-10H2,(H,28,29)/b24-17-. The number of nitrogens with zero attached hydrogens (tertiary/aromatic N) is 2. The van der Waals surface area contributed by atoms with Gasteiger partial charge < -0.3 is 5.11 Å². The van der Waals surface area contributed by atoms with Crippen LogP contribution >= 0.6 is 0 Å². The Morgan fingerprint density at radius 1 is 1.08 bits per heavy atom. The van der Waals surface area contributed by atoms with E-state index < -0.39 is 47.2 Å². The van der Waals surface area contributed by atoms with Crippen molar-refractivity contribution < 1.29 is 36.1 Å².